The van der Waals surface area contributed by atoms with Gasteiger partial charge in [0.05, 0.1) is 31.1 Å². The van der Waals surface area contributed by atoms with E-state index >= 15 is 0 Å². The highest BCUT2D eigenvalue weighted by Crippen LogP contribution is 2.24. The van der Waals surface area contributed by atoms with Crippen LogP contribution in [0.15, 0.2) is 18.3 Å². The maximum Gasteiger partial charge on any atom is 0.0645 e. The number of hydrogen-bond acceptors (Lipinski definition) is 4. The van der Waals surface area contributed by atoms with Gasteiger partial charge < -0.3 is 9.64 Å². The van der Waals surface area contributed by atoms with Gasteiger partial charge in [0.25, 0.3) is 0 Å². The molecule has 2 aliphatic rings. The third-order valence-corrected chi connectivity index (χ3v) is 4.35. The van der Waals surface area contributed by atoms with Crippen molar-refractivity contribution in [1.82, 2.24) is 9.88 Å². The minimum atomic E-state index is 0.596. The van der Waals surface area contributed by atoms with Crippen LogP contribution in [0.25, 0.3) is 0 Å². The Morgan fingerprint density at radius 1 is 1.32 bits per heavy atom. The monoisotopic (exact) mass is 261 g/mol. The fourth-order valence-electron chi connectivity index (χ4n) is 2.96. The number of aryl methyl sites for hydroxylation is 1. The van der Waals surface area contributed by atoms with Gasteiger partial charge in [-0.25, -0.2) is 0 Å². The molecule has 1 aromatic rings. The zero-order valence-electron chi connectivity index (χ0n) is 11.9. The molecule has 2 aliphatic heterocycles. The van der Waals surface area contributed by atoms with Crippen molar-refractivity contribution < 1.29 is 4.74 Å². The maximum atomic E-state index is 5.32. The van der Waals surface area contributed by atoms with Crippen LogP contribution in [-0.4, -0.2) is 54.8 Å². The summed E-state index contributed by atoms with van der Waals surface area (Å²) >= 11 is 0. The Hall–Kier alpha value is -1.13. The summed E-state index contributed by atoms with van der Waals surface area (Å²) in [4.78, 5) is 9.54. The molecule has 0 radical (unpaired) electrons. The molecule has 104 valence electrons. The first-order valence-electron chi connectivity index (χ1n) is 7.29. The van der Waals surface area contributed by atoms with E-state index in [1.165, 1.54) is 12.1 Å². The summed E-state index contributed by atoms with van der Waals surface area (Å²) in [5, 5.41) is 0. The van der Waals surface area contributed by atoms with Gasteiger partial charge in [-0.05, 0) is 25.5 Å². The molecule has 2 saturated heterocycles. The van der Waals surface area contributed by atoms with Gasteiger partial charge in [-0.15, -0.1) is 0 Å². The van der Waals surface area contributed by atoms with E-state index in [-0.39, 0.29) is 0 Å². The molecular weight excluding hydrogens is 238 g/mol. The van der Waals surface area contributed by atoms with Gasteiger partial charge >= 0.3 is 0 Å². The number of rotatable bonds is 3. The van der Waals surface area contributed by atoms with Gasteiger partial charge in [0, 0.05) is 31.4 Å². The zero-order chi connectivity index (χ0) is 13.2. The number of ether oxygens (including phenoxy) is 1. The third kappa shape index (κ3) is 2.60. The predicted molar refractivity (Wildman–Crippen MR) is 76.6 cm³/mol. The molecule has 4 heteroatoms. The molecule has 0 N–H and O–H groups in total. The zero-order valence-corrected chi connectivity index (χ0v) is 11.9. The smallest absolute Gasteiger partial charge is 0.0645 e. The van der Waals surface area contributed by atoms with E-state index < -0.39 is 0 Å². The van der Waals surface area contributed by atoms with E-state index in [2.05, 4.69) is 33.8 Å². The van der Waals surface area contributed by atoms with Crippen molar-refractivity contribution in [3.8, 4) is 0 Å². The molecule has 3 rings (SSSR count). The summed E-state index contributed by atoms with van der Waals surface area (Å²) in [5.74, 6) is 0. The Labute approximate surface area is 115 Å². The van der Waals surface area contributed by atoms with Crippen molar-refractivity contribution in [2.45, 2.75) is 32.4 Å². The molecule has 0 aliphatic carbocycles. The van der Waals surface area contributed by atoms with Gasteiger partial charge in [-0.3, -0.25) is 9.88 Å². The molecule has 3 heterocycles. The van der Waals surface area contributed by atoms with E-state index in [1.807, 2.05) is 13.1 Å². The van der Waals surface area contributed by atoms with E-state index in [0.29, 0.717) is 12.1 Å². The lowest BCUT2D eigenvalue weighted by molar-refractivity contribution is -0.0698. The highest BCUT2D eigenvalue weighted by molar-refractivity contribution is 5.46. The molecule has 0 saturated carbocycles. The first-order valence-corrected chi connectivity index (χ1v) is 7.29. The van der Waals surface area contributed by atoms with Gasteiger partial charge in [0.2, 0.25) is 0 Å². The van der Waals surface area contributed by atoms with E-state index in [4.69, 9.17) is 4.74 Å². The molecule has 1 aromatic heterocycles. The van der Waals surface area contributed by atoms with E-state index in [0.717, 1.165) is 38.5 Å². The second-order valence-corrected chi connectivity index (χ2v) is 5.60. The van der Waals surface area contributed by atoms with Gasteiger partial charge in [-0.2, -0.15) is 0 Å². The number of aromatic nitrogens is 1. The largest absolute Gasteiger partial charge is 0.378 e. The lowest BCUT2D eigenvalue weighted by Gasteiger charge is -2.47. The molecular formula is C15H23N3O. The standard InChI is InChI=1S/C15H23N3O/c1-3-13-9-17(15-10-19-11-15)6-7-18(13)14-5-4-12(2)16-8-14/h4-5,8,13,15H,3,6-7,9-11H2,1-2H3/t13-/m0/s1. The Bertz CT molecular complexity index is 416. The fourth-order valence-corrected chi connectivity index (χ4v) is 2.96. The summed E-state index contributed by atoms with van der Waals surface area (Å²) in [6.45, 7) is 9.54. The third-order valence-electron chi connectivity index (χ3n) is 4.35. The fraction of sp³-hybridized carbons (Fsp3) is 0.667. The average molecular weight is 261 g/mol. The molecule has 2 fully saturated rings. The Morgan fingerprint density at radius 3 is 2.74 bits per heavy atom. The van der Waals surface area contributed by atoms with Crippen LogP contribution < -0.4 is 4.90 Å². The van der Waals surface area contributed by atoms with Crippen molar-refractivity contribution in [1.29, 1.82) is 0 Å². The van der Waals surface area contributed by atoms with Gasteiger partial charge in [0.1, 0.15) is 0 Å². The minimum absolute atomic E-state index is 0.596. The molecule has 0 spiro atoms. The molecule has 1 atom stereocenters. The number of piperazine rings is 1. The van der Waals surface area contributed by atoms with Crippen LogP contribution in [0, 0.1) is 6.92 Å². The predicted octanol–water partition coefficient (Wildman–Crippen LogP) is 1.69. The van der Waals surface area contributed by atoms with Crippen LogP contribution in [-0.2, 0) is 4.74 Å². The van der Waals surface area contributed by atoms with E-state index in [9.17, 15) is 0 Å². The molecule has 19 heavy (non-hydrogen) atoms. The minimum Gasteiger partial charge on any atom is -0.378 e. The highest BCUT2D eigenvalue weighted by atomic mass is 16.5. The number of hydrogen-bond donors (Lipinski definition) is 0. The van der Waals surface area contributed by atoms with E-state index in [1.54, 1.807) is 0 Å². The Kier molecular flexibility index (Phi) is 3.71. The van der Waals surface area contributed by atoms with Crippen LogP contribution in [0.3, 0.4) is 0 Å². The number of nitrogens with zero attached hydrogens (tertiary/aromatic N) is 3. The molecule has 0 amide bonds. The molecule has 0 aromatic carbocycles. The van der Waals surface area contributed by atoms with Crippen LogP contribution >= 0.6 is 0 Å². The lowest BCUT2D eigenvalue weighted by atomic mass is 10.1. The van der Waals surface area contributed by atoms with Crippen LogP contribution in [0.4, 0.5) is 5.69 Å². The normalized spacial score (nSPS) is 25.4. The second-order valence-electron chi connectivity index (χ2n) is 5.60. The van der Waals surface area contributed by atoms with Crippen molar-refractivity contribution in [2.75, 3.05) is 37.7 Å². The van der Waals surface area contributed by atoms with Crippen molar-refractivity contribution in [3.05, 3.63) is 24.0 Å². The topological polar surface area (TPSA) is 28.6 Å². The number of pyridine rings is 1. The molecule has 4 nitrogen and oxygen atoms in total. The summed E-state index contributed by atoms with van der Waals surface area (Å²) in [6, 6.07) is 5.56. The van der Waals surface area contributed by atoms with Gasteiger partial charge in [0.15, 0.2) is 0 Å². The molecule has 0 bridgehead atoms. The second kappa shape index (κ2) is 5.47. The average Bonchev–Trinajstić information content (AvgIpc) is 2.38. The summed E-state index contributed by atoms with van der Waals surface area (Å²) in [6.07, 6.45) is 3.19. The van der Waals surface area contributed by atoms with Gasteiger partial charge in [-0.1, -0.05) is 6.92 Å². The number of anilines is 1. The molecule has 0 unspecified atom stereocenters. The Balaban J connectivity index is 1.70. The quantitative estimate of drug-likeness (QED) is 0.828. The maximum absolute atomic E-state index is 5.32. The SMILES string of the molecule is CC[C@H]1CN(C2COC2)CCN1c1ccc(C)nc1. The summed E-state index contributed by atoms with van der Waals surface area (Å²) < 4.78 is 5.32. The lowest BCUT2D eigenvalue weighted by Crippen LogP contribution is -2.60. The van der Waals surface area contributed by atoms with Crippen molar-refractivity contribution >= 4 is 5.69 Å². The van der Waals surface area contributed by atoms with Crippen LogP contribution in [0.5, 0.6) is 0 Å². The summed E-state index contributed by atoms with van der Waals surface area (Å²) in [5.41, 5.74) is 2.35. The van der Waals surface area contributed by atoms with Crippen LogP contribution in [0.1, 0.15) is 19.0 Å². The first kappa shape index (κ1) is 12.9. The highest BCUT2D eigenvalue weighted by Gasteiger charge is 2.33. The van der Waals surface area contributed by atoms with Crippen LogP contribution in [0.2, 0.25) is 0 Å². The first-order chi connectivity index (χ1) is 9.28. The van der Waals surface area contributed by atoms with Crippen molar-refractivity contribution in [3.63, 3.8) is 0 Å². The Morgan fingerprint density at radius 2 is 2.16 bits per heavy atom. The summed E-state index contributed by atoms with van der Waals surface area (Å²) in [7, 11) is 0. The van der Waals surface area contributed by atoms with Crippen molar-refractivity contribution in [2.24, 2.45) is 0 Å².